The van der Waals surface area contributed by atoms with Gasteiger partial charge in [-0.25, -0.2) is 14.8 Å². The summed E-state index contributed by atoms with van der Waals surface area (Å²) in [4.78, 5) is 37.8. The zero-order chi connectivity index (χ0) is 21.4. The minimum absolute atomic E-state index is 0.115. The summed E-state index contributed by atoms with van der Waals surface area (Å²) in [6.07, 6.45) is 5.79. The van der Waals surface area contributed by atoms with Crippen LogP contribution in [-0.2, 0) is 0 Å². The van der Waals surface area contributed by atoms with Gasteiger partial charge in [-0.3, -0.25) is 4.79 Å². The molecule has 31 heavy (non-hydrogen) atoms. The van der Waals surface area contributed by atoms with Gasteiger partial charge < -0.3 is 19.8 Å². The summed E-state index contributed by atoms with van der Waals surface area (Å²) in [5.41, 5.74) is 3.05. The van der Waals surface area contributed by atoms with Gasteiger partial charge in [0.05, 0.1) is 23.6 Å². The van der Waals surface area contributed by atoms with Crippen molar-refractivity contribution < 1.29 is 14.6 Å². The second-order valence-electron chi connectivity index (χ2n) is 7.63. The predicted octanol–water partition coefficient (Wildman–Crippen LogP) is 4.00. The van der Waals surface area contributed by atoms with E-state index in [1.165, 1.54) is 6.33 Å². The zero-order valence-corrected chi connectivity index (χ0v) is 16.6. The molecule has 1 fully saturated rings. The number of carboxylic acid groups (broad SMARTS) is 1. The van der Waals surface area contributed by atoms with Gasteiger partial charge in [0.1, 0.15) is 11.6 Å². The van der Waals surface area contributed by atoms with Crippen molar-refractivity contribution in [3.8, 4) is 28.3 Å². The Bertz CT molecular complexity index is 1320. The highest BCUT2D eigenvalue weighted by Gasteiger charge is 2.20. The van der Waals surface area contributed by atoms with E-state index in [0.29, 0.717) is 28.3 Å². The molecule has 0 aliphatic heterocycles. The number of benzene rings is 2. The van der Waals surface area contributed by atoms with Crippen LogP contribution in [0.5, 0.6) is 5.75 Å². The Balaban J connectivity index is 1.59. The van der Waals surface area contributed by atoms with Gasteiger partial charge in [0.15, 0.2) is 11.2 Å². The van der Waals surface area contributed by atoms with Crippen molar-refractivity contribution in [2.45, 2.75) is 31.8 Å². The molecule has 2 heterocycles. The molecule has 0 radical (unpaired) electrons. The Morgan fingerprint density at radius 1 is 1.06 bits per heavy atom. The molecular weight excluding hydrogens is 396 g/mol. The Morgan fingerprint density at radius 3 is 2.55 bits per heavy atom. The average Bonchev–Trinajstić information content (AvgIpc) is 3.46. The Hall–Kier alpha value is -3.94. The number of fused-ring (bicyclic) bond motifs is 1. The Labute approximate surface area is 177 Å². The highest BCUT2D eigenvalue weighted by atomic mass is 16.5. The van der Waals surface area contributed by atoms with E-state index in [1.807, 2.05) is 18.2 Å². The van der Waals surface area contributed by atoms with Gasteiger partial charge in [0, 0.05) is 0 Å². The topological polar surface area (TPSA) is 121 Å². The summed E-state index contributed by atoms with van der Waals surface area (Å²) in [6, 6.07) is 12.4. The van der Waals surface area contributed by atoms with Gasteiger partial charge in [-0.2, -0.15) is 0 Å². The Kier molecular flexibility index (Phi) is 4.74. The van der Waals surface area contributed by atoms with E-state index in [2.05, 4.69) is 19.9 Å². The van der Waals surface area contributed by atoms with Crippen molar-refractivity contribution in [3.05, 3.63) is 64.7 Å². The van der Waals surface area contributed by atoms with Crippen LogP contribution >= 0.6 is 0 Å². The number of aromatic nitrogens is 4. The van der Waals surface area contributed by atoms with E-state index in [9.17, 15) is 9.59 Å². The van der Waals surface area contributed by atoms with Crippen LogP contribution < -0.4 is 10.3 Å². The molecule has 3 N–H and O–H groups in total. The van der Waals surface area contributed by atoms with Crippen LogP contribution in [0.2, 0.25) is 0 Å². The van der Waals surface area contributed by atoms with E-state index in [4.69, 9.17) is 9.84 Å². The van der Waals surface area contributed by atoms with E-state index < -0.39 is 5.97 Å². The van der Waals surface area contributed by atoms with E-state index in [0.717, 1.165) is 36.8 Å². The van der Waals surface area contributed by atoms with E-state index >= 15 is 0 Å². The van der Waals surface area contributed by atoms with Crippen molar-refractivity contribution in [3.63, 3.8) is 0 Å². The first-order valence-electron chi connectivity index (χ1n) is 10.2. The number of aromatic amines is 2. The number of carbonyl (C=O) groups is 1. The maximum Gasteiger partial charge on any atom is 0.335 e. The van der Waals surface area contributed by atoms with Gasteiger partial charge in [-0.1, -0.05) is 18.2 Å². The number of rotatable bonds is 5. The number of aromatic carboxylic acids is 1. The number of nitrogens with zero attached hydrogens (tertiary/aromatic N) is 2. The highest BCUT2D eigenvalue weighted by molar-refractivity contribution is 5.88. The van der Waals surface area contributed by atoms with Crippen LogP contribution in [0.25, 0.3) is 33.7 Å². The zero-order valence-electron chi connectivity index (χ0n) is 16.6. The third-order valence-electron chi connectivity index (χ3n) is 5.59. The van der Waals surface area contributed by atoms with Crippen LogP contribution in [-0.4, -0.2) is 37.1 Å². The van der Waals surface area contributed by atoms with Crippen molar-refractivity contribution in [2.75, 3.05) is 0 Å². The fourth-order valence-electron chi connectivity index (χ4n) is 3.96. The minimum atomic E-state index is -0.962. The largest absolute Gasteiger partial charge is 0.490 e. The van der Waals surface area contributed by atoms with Gasteiger partial charge >= 0.3 is 5.97 Å². The van der Waals surface area contributed by atoms with Crippen molar-refractivity contribution in [2.24, 2.45) is 0 Å². The summed E-state index contributed by atoms with van der Waals surface area (Å²) >= 11 is 0. The lowest BCUT2D eigenvalue weighted by atomic mass is 10.0. The molecule has 0 amide bonds. The number of hydrogen-bond donors (Lipinski definition) is 3. The van der Waals surface area contributed by atoms with E-state index in [-0.39, 0.29) is 17.2 Å². The molecule has 5 rings (SSSR count). The molecule has 0 atom stereocenters. The average molecular weight is 416 g/mol. The number of hydrogen-bond acceptors (Lipinski definition) is 5. The predicted molar refractivity (Wildman–Crippen MR) is 115 cm³/mol. The molecule has 0 unspecified atom stereocenters. The van der Waals surface area contributed by atoms with E-state index in [1.54, 1.807) is 24.3 Å². The molecule has 8 heteroatoms. The lowest BCUT2D eigenvalue weighted by Gasteiger charge is -2.17. The van der Waals surface area contributed by atoms with Gasteiger partial charge in [-0.15, -0.1) is 0 Å². The molecule has 2 aromatic heterocycles. The third-order valence-corrected chi connectivity index (χ3v) is 5.59. The molecule has 1 saturated carbocycles. The second kappa shape index (κ2) is 7.71. The van der Waals surface area contributed by atoms with Crippen LogP contribution in [0.4, 0.5) is 0 Å². The first kappa shape index (κ1) is 19.0. The van der Waals surface area contributed by atoms with Crippen molar-refractivity contribution >= 4 is 17.1 Å². The monoisotopic (exact) mass is 416 g/mol. The molecular formula is C23H20N4O4. The van der Waals surface area contributed by atoms with Gasteiger partial charge in [0.2, 0.25) is 0 Å². The summed E-state index contributed by atoms with van der Waals surface area (Å²) in [6.45, 7) is 0. The molecule has 1 aliphatic rings. The molecule has 0 bridgehead atoms. The van der Waals surface area contributed by atoms with Crippen molar-refractivity contribution in [1.29, 1.82) is 0 Å². The standard InChI is InChI=1S/C23H20N4O4/c28-22-19-21(25-12-24-19)26-20(27-22)17-10-9-15(11-18(17)31-16-3-1-2-4-16)13-5-7-14(8-6-13)23(29)30/h5-12,16H,1-4H2,(H,29,30)(H2,24,25,26,27,28). The van der Waals surface area contributed by atoms with Crippen LogP contribution in [0.15, 0.2) is 53.6 Å². The SMILES string of the molecule is O=C(O)c1ccc(-c2ccc(-c3nc4nc[nH]c4c(=O)[nH]3)c(OC3CCCC3)c2)cc1. The molecule has 4 aromatic rings. The van der Waals surface area contributed by atoms with Gasteiger partial charge in [-0.05, 0) is 61.1 Å². The second-order valence-corrected chi connectivity index (χ2v) is 7.63. The fourth-order valence-corrected chi connectivity index (χ4v) is 3.96. The minimum Gasteiger partial charge on any atom is -0.490 e. The molecule has 8 nitrogen and oxygen atoms in total. The van der Waals surface area contributed by atoms with Gasteiger partial charge in [0.25, 0.3) is 5.56 Å². The molecule has 0 saturated heterocycles. The fraction of sp³-hybridized carbons (Fsp3) is 0.217. The van der Waals surface area contributed by atoms with Crippen molar-refractivity contribution in [1.82, 2.24) is 19.9 Å². The summed E-state index contributed by atoms with van der Waals surface area (Å²) < 4.78 is 6.33. The molecule has 1 aliphatic carbocycles. The highest BCUT2D eigenvalue weighted by Crippen LogP contribution is 2.35. The first-order valence-corrected chi connectivity index (χ1v) is 10.2. The number of imidazole rings is 1. The molecule has 0 spiro atoms. The first-order chi connectivity index (χ1) is 15.1. The summed E-state index contributed by atoms with van der Waals surface area (Å²) in [5, 5.41) is 9.13. The number of carboxylic acids is 1. The lowest BCUT2D eigenvalue weighted by Crippen LogP contribution is -2.13. The number of ether oxygens (including phenoxy) is 1. The smallest absolute Gasteiger partial charge is 0.335 e. The third kappa shape index (κ3) is 3.68. The van der Waals surface area contributed by atoms with Crippen LogP contribution in [0, 0.1) is 0 Å². The normalized spacial score (nSPS) is 14.2. The number of H-pyrrole nitrogens is 2. The Morgan fingerprint density at radius 2 is 1.81 bits per heavy atom. The van der Waals surface area contributed by atoms with Crippen LogP contribution in [0.3, 0.4) is 0 Å². The van der Waals surface area contributed by atoms with Crippen LogP contribution in [0.1, 0.15) is 36.0 Å². The number of nitrogens with one attached hydrogen (secondary N) is 2. The maximum atomic E-state index is 12.4. The maximum absolute atomic E-state index is 12.4. The molecule has 2 aromatic carbocycles. The quantitative estimate of drug-likeness (QED) is 0.452. The summed E-state index contributed by atoms with van der Waals surface area (Å²) in [5.74, 6) is 0.0612. The molecule has 156 valence electrons. The summed E-state index contributed by atoms with van der Waals surface area (Å²) in [7, 11) is 0. The lowest BCUT2D eigenvalue weighted by molar-refractivity contribution is 0.0697.